The van der Waals surface area contributed by atoms with Crippen LogP contribution in [0.3, 0.4) is 0 Å². The highest BCUT2D eigenvalue weighted by atomic mass is 16.5. The number of amides is 2. The largest absolute Gasteiger partial charge is 0.360 e. The minimum absolute atomic E-state index is 0.165. The van der Waals surface area contributed by atoms with Crippen molar-refractivity contribution in [2.75, 3.05) is 11.9 Å². The number of nitrogens with zero attached hydrogens (tertiary/aromatic N) is 2. The quantitative estimate of drug-likeness (QED) is 0.845. The van der Waals surface area contributed by atoms with Gasteiger partial charge in [-0.05, 0) is 19.1 Å². The molecule has 0 unspecified atom stereocenters. The second kappa shape index (κ2) is 5.76. The first-order chi connectivity index (χ1) is 9.15. The molecule has 2 amide bonds. The van der Waals surface area contributed by atoms with Gasteiger partial charge >= 0.3 is 0 Å². The predicted octanol–water partition coefficient (Wildman–Crippen LogP) is 0.747. The van der Waals surface area contributed by atoms with Gasteiger partial charge in [0.15, 0.2) is 5.82 Å². The lowest BCUT2D eigenvalue weighted by atomic mass is 10.3. The molecule has 0 aromatic carbocycles. The third-order valence-corrected chi connectivity index (χ3v) is 2.20. The van der Waals surface area contributed by atoms with Crippen molar-refractivity contribution in [2.45, 2.75) is 6.92 Å². The molecule has 2 aromatic heterocycles. The van der Waals surface area contributed by atoms with E-state index in [0.717, 1.165) is 0 Å². The monoisotopic (exact) mass is 260 g/mol. The fourth-order valence-corrected chi connectivity index (χ4v) is 1.36. The summed E-state index contributed by atoms with van der Waals surface area (Å²) in [5.41, 5.74) is 0.257. The minimum atomic E-state index is -0.410. The standard InChI is InChI=1S/C12H12N4O3/c1-8-6-10(16-19-8)15-11(17)7-14-12(18)9-4-2-3-5-13-9/h2-6H,7H2,1H3,(H,14,18)(H,15,16,17). The number of anilines is 1. The number of carbonyl (C=O) groups is 2. The van der Waals surface area contributed by atoms with Gasteiger partial charge in [0.25, 0.3) is 5.91 Å². The summed E-state index contributed by atoms with van der Waals surface area (Å²) in [4.78, 5) is 27.0. The number of hydrogen-bond acceptors (Lipinski definition) is 5. The minimum Gasteiger partial charge on any atom is -0.360 e. The average molecular weight is 260 g/mol. The number of aryl methyl sites for hydroxylation is 1. The molecule has 0 spiro atoms. The third kappa shape index (κ3) is 3.63. The molecule has 2 aromatic rings. The van der Waals surface area contributed by atoms with E-state index in [1.807, 2.05) is 0 Å². The predicted molar refractivity (Wildman–Crippen MR) is 66.4 cm³/mol. The summed E-state index contributed by atoms with van der Waals surface area (Å²) in [6, 6.07) is 6.54. The van der Waals surface area contributed by atoms with Gasteiger partial charge in [0.1, 0.15) is 11.5 Å². The van der Waals surface area contributed by atoms with Gasteiger partial charge in [-0.1, -0.05) is 11.2 Å². The normalized spacial score (nSPS) is 9.95. The van der Waals surface area contributed by atoms with Crippen molar-refractivity contribution < 1.29 is 14.1 Å². The lowest BCUT2D eigenvalue weighted by Gasteiger charge is -2.03. The Morgan fingerprint density at radius 1 is 1.37 bits per heavy atom. The van der Waals surface area contributed by atoms with Crippen molar-refractivity contribution in [3.63, 3.8) is 0 Å². The molecule has 0 saturated carbocycles. The second-order valence-corrected chi connectivity index (χ2v) is 3.77. The van der Waals surface area contributed by atoms with Gasteiger partial charge in [0.05, 0.1) is 6.54 Å². The highest BCUT2D eigenvalue weighted by molar-refractivity contribution is 5.97. The average Bonchev–Trinajstić information content (AvgIpc) is 2.82. The van der Waals surface area contributed by atoms with E-state index in [1.165, 1.54) is 6.20 Å². The van der Waals surface area contributed by atoms with Gasteiger partial charge in [-0.3, -0.25) is 14.6 Å². The van der Waals surface area contributed by atoms with E-state index in [2.05, 4.69) is 20.8 Å². The summed E-state index contributed by atoms with van der Waals surface area (Å²) in [7, 11) is 0. The van der Waals surface area contributed by atoms with Gasteiger partial charge in [0.2, 0.25) is 5.91 Å². The lowest BCUT2D eigenvalue weighted by molar-refractivity contribution is -0.115. The molecule has 2 N–H and O–H groups in total. The topological polar surface area (TPSA) is 97.1 Å². The summed E-state index contributed by atoms with van der Waals surface area (Å²) in [5, 5.41) is 8.55. The van der Waals surface area contributed by atoms with Crippen LogP contribution in [0.4, 0.5) is 5.82 Å². The van der Waals surface area contributed by atoms with Crippen molar-refractivity contribution >= 4 is 17.6 Å². The van der Waals surface area contributed by atoms with E-state index < -0.39 is 11.8 Å². The van der Waals surface area contributed by atoms with Crippen LogP contribution in [0.15, 0.2) is 35.0 Å². The van der Waals surface area contributed by atoms with E-state index in [-0.39, 0.29) is 12.2 Å². The molecule has 0 radical (unpaired) electrons. The fraction of sp³-hybridized carbons (Fsp3) is 0.167. The fourth-order valence-electron chi connectivity index (χ4n) is 1.36. The molecule has 0 saturated heterocycles. The molecule has 7 nitrogen and oxygen atoms in total. The maximum atomic E-state index is 11.6. The second-order valence-electron chi connectivity index (χ2n) is 3.77. The smallest absolute Gasteiger partial charge is 0.270 e. The molecule has 2 heterocycles. The van der Waals surface area contributed by atoms with Gasteiger partial charge < -0.3 is 15.2 Å². The number of nitrogens with one attached hydrogen (secondary N) is 2. The molecule has 0 bridgehead atoms. The van der Waals surface area contributed by atoms with Crippen LogP contribution in [-0.2, 0) is 4.79 Å². The number of rotatable bonds is 4. The first-order valence-corrected chi connectivity index (χ1v) is 5.57. The molecular formula is C12H12N4O3. The van der Waals surface area contributed by atoms with Gasteiger partial charge in [-0.15, -0.1) is 0 Å². The molecule has 0 fully saturated rings. The summed E-state index contributed by atoms with van der Waals surface area (Å²) < 4.78 is 4.80. The van der Waals surface area contributed by atoms with Crippen molar-refractivity contribution in [3.05, 3.63) is 41.9 Å². The molecule has 0 atom stereocenters. The van der Waals surface area contributed by atoms with Crippen LogP contribution in [0.5, 0.6) is 0 Å². The van der Waals surface area contributed by atoms with Crippen molar-refractivity contribution in [2.24, 2.45) is 0 Å². The summed E-state index contributed by atoms with van der Waals surface area (Å²) in [6.45, 7) is 1.55. The van der Waals surface area contributed by atoms with Gasteiger partial charge in [-0.25, -0.2) is 0 Å². The Morgan fingerprint density at radius 3 is 2.84 bits per heavy atom. The Balaban J connectivity index is 1.82. The van der Waals surface area contributed by atoms with Crippen LogP contribution in [0.2, 0.25) is 0 Å². The molecule has 2 rings (SSSR count). The Labute approximate surface area is 109 Å². The van der Waals surface area contributed by atoms with Crippen LogP contribution in [0, 0.1) is 6.92 Å². The number of carbonyl (C=O) groups excluding carboxylic acids is 2. The van der Waals surface area contributed by atoms with Crippen molar-refractivity contribution in [1.82, 2.24) is 15.5 Å². The van der Waals surface area contributed by atoms with Gasteiger partial charge in [0, 0.05) is 12.3 Å². The number of hydrogen-bond donors (Lipinski definition) is 2. The lowest BCUT2D eigenvalue weighted by Crippen LogP contribution is -2.33. The summed E-state index contributed by atoms with van der Waals surface area (Å²) >= 11 is 0. The SMILES string of the molecule is Cc1cc(NC(=O)CNC(=O)c2ccccn2)no1. The van der Waals surface area contributed by atoms with Crippen LogP contribution in [0.25, 0.3) is 0 Å². The van der Waals surface area contributed by atoms with E-state index in [1.54, 1.807) is 31.2 Å². The summed E-state index contributed by atoms with van der Waals surface area (Å²) in [5.74, 6) is 0.104. The Hall–Kier alpha value is -2.70. The van der Waals surface area contributed by atoms with E-state index in [9.17, 15) is 9.59 Å². The molecule has 0 aliphatic rings. The van der Waals surface area contributed by atoms with E-state index in [0.29, 0.717) is 11.6 Å². The Kier molecular flexibility index (Phi) is 3.87. The first kappa shape index (κ1) is 12.7. The summed E-state index contributed by atoms with van der Waals surface area (Å²) in [6.07, 6.45) is 1.51. The van der Waals surface area contributed by atoms with Crippen LogP contribution in [0.1, 0.15) is 16.2 Å². The van der Waals surface area contributed by atoms with Crippen molar-refractivity contribution in [1.29, 1.82) is 0 Å². The Bertz CT molecular complexity index is 580. The third-order valence-electron chi connectivity index (χ3n) is 2.20. The molecule has 98 valence electrons. The molecule has 19 heavy (non-hydrogen) atoms. The zero-order valence-electron chi connectivity index (χ0n) is 10.2. The highest BCUT2D eigenvalue weighted by Gasteiger charge is 2.10. The van der Waals surface area contributed by atoms with Gasteiger partial charge in [-0.2, -0.15) is 0 Å². The maximum Gasteiger partial charge on any atom is 0.270 e. The van der Waals surface area contributed by atoms with Crippen LogP contribution in [-0.4, -0.2) is 28.5 Å². The maximum absolute atomic E-state index is 11.6. The van der Waals surface area contributed by atoms with Crippen LogP contribution >= 0.6 is 0 Å². The van der Waals surface area contributed by atoms with Crippen molar-refractivity contribution in [3.8, 4) is 0 Å². The molecule has 0 aliphatic carbocycles. The van der Waals surface area contributed by atoms with E-state index >= 15 is 0 Å². The zero-order valence-corrected chi connectivity index (χ0v) is 10.2. The molecule has 7 heteroatoms. The molecular weight excluding hydrogens is 248 g/mol. The van der Waals surface area contributed by atoms with Crippen LogP contribution < -0.4 is 10.6 Å². The zero-order chi connectivity index (χ0) is 13.7. The highest BCUT2D eigenvalue weighted by Crippen LogP contribution is 2.06. The Morgan fingerprint density at radius 2 is 2.21 bits per heavy atom. The molecule has 0 aliphatic heterocycles. The number of aromatic nitrogens is 2. The first-order valence-electron chi connectivity index (χ1n) is 5.57. The number of pyridine rings is 1. The van der Waals surface area contributed by atoms with E-state index in [4.69, 9.17) is 4.52 Å².